The molecule has 1 saturated heterocycles. The Morgan fingerprint density at radius 1 is 1.11 bits per heavy atom. The Kier molecular flexibility index (Phi) is 3.57. The molecule has 0 N–H and O–H groups in total. The van der Waals surface area contributed by atoms with Crippen LogP contribution in [0.4, 0.5) is 10.8 Å². The molecule has 0 unspecified atom stereocenters. The fourth-order valence-electron chi connectivity index (χ4n) is 2.24. The summed E-state index contributed by atoms with van der Waals surface area (Å²) in [5.41, 5.74) is 1.19. The first-order chi connectivity index (χ1) is 9.22. The van der Waals surface area contributed by atoms with Gasteiger partial charge in [0.2, 0.25) is 5.13 Å². The highest BCUT2D eigenvalue weighted by Crippen LogP contribution is 2.24. The Morgan fingerprint density at radius 3 is 2.47 bits per heavy atom. The van der Waals surface area contributed by atoms with E-state index in [0.29, 0.717) is 0 Å². The minimum atomic E-state index is 0.791. The maximum Gasteiger partial charge on any atom is 0.208 e. The summed E-state index contributed by atoms with van der Waals surface area (Å²) in [6.45, 7) is 5.91. The third kappa shape index (κ3) is 2.82. The molecule has 0 aliphatic carbocycles. The van der Waals surface area contributed by atoms with Crippen molar-refractivity contribution in [2.24, 2.45) is 0 Å². The number of halogens is 1. The van der Waals surface area contributed by atoms with E-state index in [1.165, 1.54) is 5.69 Å². The predicted molar refractivity (Wildman–Crippen MR) is 80.5 cm³/mol. The molecule has 19 heavy (non-hydrogen) atoms. The summed E-state index contributed by atoms with van der Waals surface area (Å²) in [5.74, 6) is 0. The van der Waals surface area contributed by atoms with E-state index in [4.69, 9.17) is 11.6 Å². The van der Waals surface area contributed by atoms with Crippen LogP contribution in [0.2, 0.25) is 5.02 Å². The van der Waals surface area contributed by atoms with E-state index in [9.17, 15) is 0 Å². The molecule has 2 heterocycles. The van der Waals surface area contributed by atoms with E-state index in [1.807, 2.05) is 25.1 Å². The lowest BCUT2D eigenvalue weighted by Crippen LogP contribution is -2.46. The van der Waals surface area contributed by atoms with Crippen molar-refractivity contribution in [2.75, 3.05) is 36.0 Å². The average molecular weight is 295 g/mol. The number of piperazine rings is 1. The Hall–Kier alpha value is -1.33. The number of aromatic nitrogens is 2. The number of benzene rings is 1. The molecule has 0 amide bonds. The van der Waals surface area contributed by atoms with Gasteiger partial charge in [-0.25, -0.2) is 0 Å². The quantitative estimate of drug-likeness (QED) is 0.852. The molecule has 1 aliphatic heterocycles. The van der Waals surface area contributed by atoms with Gasteiger partial charge in [0.1, 0.15) is 5.01 Å². The van der Waals surface area contributed by atoms with Crippen molar-refractivity contribution in [3.63, 3.8) is 0 Å². The molecule has 3 rings (SSSR count). The van der Waals surface area contributed by atoms with Crippen LogP contribution in [0.15, 0.2) is 24.3 Å². The third-order valence-corrected chi connectivity index (χ3v) is 4.37. The highest BCUT2D eigenvalue weighted by atomic mass is 35.5. The molecule has 0 saturated carbocycles. The zero-order valence-corrected chi connectivity index (χ0v) is 12.3. The highest BCUT2D eigenvalue weighted by Gasteiger charge is 2.19. The fourth-order valence-corrected chi connectivity index (χ4v) is 3.17. The molecule has 0 radical (unpaired) electrons. The van der Waals surface area contributed by atoms with Gasteiger partial charge in [-0.05, 0) is 25.1 Å². The number of rotatable bonds is 2. The smallest absolute Gasteiger partial charge is 0.208 e. The van der Waals surface area contributed by atoms with Crippen molar-refractivity contribution < 1.29 is 0 Å². The second kappa shape index (κ2) is 5.35. The fraction of sp³-hybridized carbons (Fsp3) is 0.385. The maximum absolute atomic E-state index is 6.04. The van der Waals surface area contributed by atoms with Gasteiger partial charge in [-0.15, -0.1) is 10.2 Å². The van der Waals surface area contributed by atoms with Gasteiger partial charge in [-0.2, -0.15) is 0 Å². The molecule has 100 valence electrons. The average Bonchev–Trinajstić information content (AvgIpc) is 2.86. The van der Waals surface area contributed by atoms with Crippen LogP contribution in [0.25, 0.3) is 0 Å². The normalized spacial score (nSPS) is 15.9. The molecular weight excluding hydrogens is 280 g/mol. The van der Waals surface area contributed by atoms with Crippen molar-refractivity contribution in [1.29, 1.82) is 0 Å². The van der Waals surface area contributed by atoms with E-state index >= 15 is 0 Å². The van der Waals surface area contributed by atoms with Crippen LogP contribution in [0.5, 0.6) is 0 Å². The maximum atomic E-state index is 6.04. The first kappa shape index (κ1) is 12.7. The van der Waals surface area contributed by atoms with Crippen molar-refractivity contribution in [1.82, 2.24) is 10.2 Å². The Balaban J connectivity index is 1.66. The van der Waals surface area contributed by atoms with E-state index in [1.54, 1.807) is 11.3 Å². The van der Waals surface area contributed by atoms with Crippen LogP contribution in [0.3, 0.4) is 0 Å². The monoisotopic (exact) mass is 294 g/mol. The lowest BCUT2D eigenvalue weighted by atomic mass is 10.2. The second-order valence-corrected chi connectivity index (χ2v) is 6.15. The lowest BCUT2D eigenvalue weighted by Gasteiger charge is -2.35. The summed E-state index contributed by atoms with van der Waals surface area (Å²) in [6.07, 6.45) is 0. The van der Waals surface area contributed by atoms with E-state index in [2.05, 4.69) is 26.1 Å². The Bertz CT molecular complexity index is 563. The van der Waals surface area contributed by atoms with Crippen molar-refractivity contribution in [3.05, 3.63) is 34.3 Å². The van der Waals surface area contributed by atoms with E-state index in [-0.39, 0.29) is 0 Å². The molecule has 0 spiro atoms. The minimum Gasteiger partial charge on any atom is -0.368 e. The van der Waals surface area contributed by atoms with Crippen LogP contribution < -0.4 is 9.80 Å². The zero-order chi connectivity index (χ0) is 13.2. The van der Waals surface area contributed by atoms with Crippen molar-refractivity contribution in [3.8, 4) is 0 Å². The molecule has 2 aromatic rings. The van der Waals surface area contributed by atoms with Crippen LogP contribution >= 0.6 is 22.9 Å². The number of nitrogens with zero attached hydrogens (tertiary/aromatic N) is 4. The molecule has 0 atom stereocenters. The summed E-state index contributed by atoms with van der Waals surface area (Å²) in [4.78, 5) is 4.65. The van der Waals surface area contributed by atoms with Gasteiger partial charge in [0, 0.05) is 36.9 Å². The van der Waals surface area contributed by atoms with Crippen LogP contribution in [0, 0.1) is 6.92 Å². The molecule has 0 bridgehead atoms. The topological polar surface area (TPSA) is 32.3 Å². The van der Waals surface area contributed by atoms with Gasteiger partial charge >= 0.3 is 0 Å². The van der Waals surface area contributed by atoms with Gasteiger partial charge in [0.15, 0.2) is 0 Å². The first-order valence-electron chi connectivity index (χ1n) is 6.28. The molecule has 6 heteroatoms. The van der Waals surface area contributed by atoms with Gasteiger partial charge in [0.25, 0.3) is 0 Å². The highest BCUT2D eigenvalue weighted by molar-refractivity contribution is 7.15. The molecule has 1 aromatic heterocycles. The summed E-state index contributed by atoms with van der Waals surface area (Å²) >= 11 is 7.70. The molecule has 1 fully saturated rings. The minimum absolute atomic E-state index is 0.791. The van der Waals surface area contributed by atoms with Crippen LogP contribution in [-0.2, 0) is 0 Å². The van der Waals surface area contributed by atoms with Crippen LogP contribution in [-0.4, -0.2) is 36.4 Å². The van der Waals surface area contributed by atoms with Crippen LogP contribution in [0.1, 0.15) is 5.01 Å². The molecular formula is C13H15ClN4S. The Morgan fingerprint density at radius 2 is 1.84 bits per heavy atom. The standard InChI is InChI=1S/C13H15ClN4S/c1-10-15-16-13(19-10)18-7-5-17(6-8-18)12-4-2-3-11(14)9-12/h2-4,9H,5-8H2,1H3. The summed E-state index contributed by atoms with van der Waals surface area (Å²) in [5, 5.41) is 11.1. The van der Waals surface area contributed by atoms with E-state index in [0.717, 1.165) is 41.3 Å². The summed E-state index contributed by atoms with van der Waals surface area (Å²) < 4.78 is 0. The predicted octanol–water partition coefficient (Wildman–Crippen LogP) is 2.83. The number of hydrogen-bond donors (Lipinski definition) is 0. The Labute approximate surface area is 121 Å². The number of hydrogen-bond acceptors (Lipinski definition) is 5. The third-order valence-electron chi connectivity index (χ3n) is 3.24. The lowest BCUT2D eigenvalue weighted by molar-refractivity contribution is 0.649. The van der Waals surface area contributed by atoms with Crippen molar-refractivity contribution >= 4 is 33.8 Å². The van der Waals surface area contributed by atoms with Gasteiger partial charge < -0.3 is 9.80 Å². The number of aryl methyl sites for hydroxylation is 1. The second-order valence-electron chi connectivity index (χ2n) is 4.56. The zero-order valence-electron chi connectivity index (χ0n) is 10.7. The largest absolute Gasteiger partial charge is 0.368 e. The van der Waals surface area contributed by atoms with Gasteiger partial charge in [-0.3, -0.25) is 0 Å². The van der Waals surface area contributed by atoms with Gasteiger partial charge in [0.05, 0.1) is 0 Å². The van der Waals surface area contributed by atoms with Crippen molar-refractivity contribution in [2.45, 2.75) is 6.92 Å². The molecule has 4 nitrogen and oxygen atoms in total. The number of anilines is 2. The first-order valence-corrected chi connectivity index (χ1v) is 7.47. The SMILES string of the molecule is Cc1nnc(N2CCN(c3cccc(Cl)c3)CC2)s1. The molecule has 1 aliphatic rings. The summed E-state index contributed by atoms with van der Waals surface area (Å²) in [7, 11) is 0. The molecule has 1 aromatic carbocycles. The summed E-state index contributed by atoms with van der Waals surface area (Å²) in [6, 6.07) is 8.03. The van der Waals surface area contributed by atoms with E-state index < -0.39 is 0 Å². The van der Waals surface area contributed by atoms with Gasteiger partial charge in [-0.1, -0.05) is 29.0 Å².